The second-order valence-corrected chi connectivity index (χ2v) is 5.00. The molecule has 0 aliphatic heterocycles. The topological polar surface area (TPSA) is 69.6 Å². The van der Waals surface area contributed by atoms with Crippen LogP contribution in [0.15, 0.2) is 54.6 Å². The van der Waals surface area contributed by atoms with E-state index in [4.69, 9.17) is 5.11 Å². The van der Waals surface area contributed by atoms with E-state index in [9.17, 15) is 9.90 Å². The summed E-state index contributed by atoms with van der Waals surface area (Å²) in [5, 5.41) is 21.6. The zero-order valence-electron chi connectivity index (χ0n) is 11.9. The van der Waals surface area contributed by atoms with Gasteiger partial charge in [-0.2, -0.15) is 0 Å². The number of aliphatic hydroxyl groups is 1. The van der Waals surface area contributed by atoms with E-state index >= 15 is 0 Å². The summed E-state index contributed by atoms with van der Waals surface area (Å²) < 4.78 is 0. The molecule has 0 radical (unpaired) electrons. The summed E-state index contributed by atoms with van der Waals surface area (Å²) in [7, 11) is 0. The molecule has 0 spiro atoms. The summed E-state index contributed by atoms with van der Waals surface area (Å²) in [6.45, 7) is 1.60. The zero-order valence-corrected chi connectivity index (χ0v) is 11.9. The van der Waals surface area contributed by atoms with Gasteiger partial charge in [-0.05, 0) is 23.6 Å². The van der Waals surface area contributed by atoms with Crippen molar-refractivity contribution in [1.82, 2.24) is 5.32 Å². The van der Waals surface area contributed by atoms with Crippen molar-refractivity contribution in [1.29, 1.82) is 0 Å². The van der Waals surface area contributed by atoms with E-state index < -0.39 is 12.1 Å². The molecule has 0 fully saturated rings. The SMILES string of the molecule is CC(NCC(=O)O)C(O)c1ccc(-c2ccccc2)cc1. The van der Waals surface area contributed by atoms with Crippen LogP contribution in [-0.4, -0.2) is 28.8 Å². The molecule has 4 nitrogen and oxygen atoms in total. The van der Waals surface area contributed by atoms with Crippen molar-refractivity contribution in [3.8, 4) is 11.1 Å². The van der Waals surface area contributed by atoms with E-state index in [2.05, 4.69) is 5.32 Å². The van der Waals surface area contributed by atoms with Crippen LogP contribution in [0.5, 0.6) is 0 Å². The average Bonchev–Trinajstić information content (AvgIpc) is 2.53. The van der Waals surface area contributed by atoms with Crippen LogP contribution in [0, 0.1) is 0 Å². The van der Waals surface area contributed by atoms with Crippen molar-refractivity contribution >= 4 is 5.97 Å². The van der Waals surface area contributed by atoms with Gasteiger partial charge < -0.3 is 15.5 Å². The minimum atomic E-state index is -0.937. The van der Waals surface area contributed by atoms with Crippen LogP contribution < -0.4 is 5.32 Å². The Bertz CT molecular complexity index is 581. The fourth-order valence-electron chi connectivity index (χ4n) is 2.15. The van der Waals surface area contributed by atoms with Crippen molar-refractivity contribution in [2.75, 3.05) is 6.54 Å². The predicted octanol–water partition coefficient (Wildman–Crippen LogP) is 2.45. The maximum Gasteiger partial charge on any atom is 0.317 e. The number of carbonyl (C=O) groups is 1. The molecule has 0 aliphatic rings. The third-order valence-corrected chi connectivity index (χ3v) is 3.41. The number of carboxylic acids is 1. The molecule has 0 saturated carbocycles. The van der Waals surface area contributed by atoms with Gasteiger partial charge >= 0.3 is 5.97 Å². The lowest BCUT2D eigenvalue weighted by molar-refractivity contribution is -0.136. The monoisotopic (exact) mass is 285 g/mol. The van der Waals surface area contributed by atoms with Crippen molar-refractivity contribution in [3.63, 3.8) is 0 Å². The van der Waals surface area contributed by atoms with Crippen molar-refractivity contribution in [2.45, 2.75) is 19.1 Å². The number of aliphatic hydroxyl groups excluding tert-OH is 1. The number of carboxylic acid groups (broad SMARTS) is 1. The standard InChI is InChI=1S/C17H19NO3/c1-12(18-11-16(19)20)17(21)15-9-7-14(8-10-15)13-5-3-2-4-6-13/h2-10,12,17-18,21H,11H2,1H3,(H,19,20). The van der Waals surface area contributed by atoms with Gasteiger partial charge in [-0.1, -0.05) is 54.6 Å². The zero-order chi connectivity index (χ0) is 15.2. The minimum absolute atomic E-state index is 0.166. The summed E-state index contributed by atoms with van der Waals surface area (Å²) >= 11 is 0. The Morgan fingerprint density at radius 2 is 1.62 bits per heavy atom. The van der Waals surface area contributed by atoms with Crippen LogP contribution in [0.25, 0.3) is 11.1 Å². The summed E-state index contributed by atoms with van der Waals surface area (Å²) in [5.41, 5.74) is 2.97. The van der Waals surface area contributed by atoms with E-state index in [1.807, 2.05) is 54.6 Å². The Balaban J connectivity index is 2.06. The quantitative estimate of drug-likeness (QED) is 0.762. The highest BCUT2D eigenvalue weighted by molar-refractivity contribution is 5.69. The van der Waals surface area contributed by atoms with Crippen LogP contribution in [0.2, 0.25) is 0 Å². The summed E-state index contributed by atoms with van der Waals surface area (Å²) in [4.78, 5) is 10.5. The maximum atomic E-state index is 10.5. The lowest BCUT2D eigenvalue weighted by Crippen LogP contribution is -2.35. The average molecular weight is 285 g/mol. The van der Waals surface area contributed by atoms with Gasteiger partial charge in [-0.3, -0.25) is 4.79 Å². The molecule has 2 unspecified atom stereocenters. The van der Waals surface area contributed by atoms with Gasteiger partial charge in [0.25, 0.3) is 0 Å². The summed E-state index contributed by atoms with van der Waals surface area (Å²) in [6, 6.07) is 17.3. The number of aliphatic carboxylic acids is 1. The molecule has 0 saturated heterocycles. The van der Waals surface area contributed by atoms with Crippen LogP contribution in [-0.2, 0) is 4.79 Å². The van der Waals surface area contributed by atoms with Crippen molar-refractivity contribution in [3.05, 3.63) is 60.2 Å². The normalized spacial score (nSPS) is 13.6. The molecule has 2 aromatic rings. The highest BCUT2D eigenvalue weighted by Gasteiger charge is 2.16. The number of rotatable bonds is 6. The molecule has 0 aromatic heterocycles. The highest BCUT2D eigenvalue weighted by atomic mass is 16.4. The molecule has 0 amide bonds. The molecule has 4 heteroatoms. The summed E-state index contributed by atoms with van der Waals surface area (Å²) in [5.74, 6) is -0.937. The Kier molecular flexibility index (Phi) is 5.09. The Labute approximate surface area is 124 Å². The second kappa shape index (κ2) is 7.02. The second-order valence-electron chi connectivity index (χ2n) is 5.00. The van der Waals surface area contributed by atoms with E-state index in [1.54, 1.807) is 6.92 Å². The lowest BCUT2D eigenvalue weighted by Gasteiger charge is -2.20. The maximum absolute atomic E-state index is 10.5. The fraction of sp³-hybridized carbons (Fsp3) is 0.235. The number of nitrogens with one attached hydrogen (secondary N) is 1. The first kappa shape index (κ1) is 15.2. The number of hydrogen-bond acceptors (Lipinski definition) is 3. The molecule has 2 aromatic carbocycles. The fourth-order valence-corrected chi connectivity index (χ4v) is 2.15. The van der Waals surface area contributed by atoms with Gasteiger partial charge in [0.1, 0.15) is 0 Å². The van der Waals surface area contributed by atoms with Crippen LogP contribution >= 0.6 is 0 Å². The predicted molar refractivity (Wildman–Crippen MR) is 81.9 cm³/mol. The van der Waals surface area contributed by atoms with Crippen LogP contribution in [0.1, 0.15) is 18.6 Å². The molecule has 0 bridgehead atoms. The van der Waals surface area contributed by atoms with E-state index in [-0.39, 0.29) is 12.6 Å². The third kappa shape index (κ3) is 4.15. The minimum Gasteiger partial charge on any atom is -0.480 e. The first-order valence-electron chi connectivity index (χ1n) is 6.86. The van der Waals surface area contributed by atoms with Crippen molar-refractivity contribution in [2.24, 2.45) is 0 Å². The van der Waals surface area contributed by atoms with Gasteiger partial charge in [-0.25, -0.2) is 0 Å². The molecule has 110 valence electrons. The summed E-state index contributed by atoms with van der Waals surface area (Å²) in [6.07, 6.45) is -0.742. The third-order valence-electron chi connectivity index (χ3n) is 3.41. The lowest BCUT2D eigenvalue weighted by atomic mass is 9.99. The first-order chi connectivity index (χ1) is 10.1. The molecule has 2 atom stereocenters. The molecular formula is C17H19NO3. The number of benzene rings is 2. The van der Waals surface area contributed by atoms with Crippen molar-refractivity contribution < 1.29 is 15.0 Å². The van der Waals surface area contributed by atoms with Gasteiger partial charge in [0.05, 0.1) is 12.6 Å². The largest absolute Gasteiger partial charge is 0.480 e. The smallest absolute Gasteiger partial charge is 0.317 e. The van der Waals surface area contributed by atoms with Gasteiger partial charge in [-0.15, -0.1) is 0 Å². The highest BCUT2D eigenvalue weighted by Crippen LogP contribution is 2.23. The Morgan fingerprint density at radius 3 is 2.19 bits per heavy atom. The first-order valence-corrected chi connectivity index (χ1v) is 6.86. The molecule has 3 N–H and O–H groups in total. The molecule has 0 heterocycles. The van der Waals surface area contributed by atoms with E-state index in [0.717, 1.165) is 16.7 Å². The van der Waals surface area contributed by atoms with Gasteiger partial charge in [0, 0.05) is 6.04 Å². The molecule has 21 heavy (non-hydrogen) atoms. The van der Waals surface area contributed by atoms with Crippen LogP contribution in [0.3, 0.4) is 0 Å². The molecule has 2 rings (SSSR count). The Morgan fingerprint density at radius 1 is 1.05 bits per heavy atom. The van der Waals surface area contributed by atoms with E-state index in [1.165, 1.54) is 0 Å². The van der Waals surface area contributed by atoms with Gasteiger partial charge in [0.2, 0.25) is 0 Å². The van der Waals surface area contributed by atoms with Crippen LogP contribution in [0.4, 0.5) is 0 Å². The molecule has 0 aliphatic carbocycles. The number of hydrogen-bond donors (Lipinski definition) is 3. The molecular weight excluding hydrogens is 266 g/mol. The van der Waals surface area contributed by atoms with E-state index in [0.29, 0.717) is 0 Å². The van der Waals surface area contributed by atoms with Gasteiger partial charge in [0.15, 0.2) is 0 Å². The Hall–Kier alpha value is -2.17.